The first-order chi connectivity index (χ1) is 10.1. The van der Waals surface area contributed by atoms with Crippen molar-refractivity contribution in [1.29, 1.82) is 0 Å². The molecule has 1 aromatic rings. The molecule has 1 unspecified atom stereocenters. The molecule has 0 saturated carbocycles. The predicted molar refractivity (Wildman–Crippen MR) is 85.0 cm³/mol. The van der Waals surface area contributed by atoms with Crippen LogP contribution in [0.15, 0.2) is 18.2 Å². The van der Waals surface area contributed by atoms with Gasteiger partial charge in [0.05, 0.1) is 4.92 Å². The summed E-state index contributed by atoms with van der Waals surface area (Å²) in [6, 6.07) is 4.73. The number of nitrogen functional groups attached to an aromatic ring is 1. The van der Waals surface area contributed by atoms with Crippen LogP contribution in [0, 0.1) is 16.0 Å². The highest BCUT2D eigenvalue weighted by Crippen LogP contribution is 2.25. The van der Waals surface area contributed by atoms with E-state index in [0.29, 0.717) is 12.2 Å². The minimum Gasteiger partial charge on any atom is -0.398 e. The molecule has 1 aliphatic rings. The second-order valence-corrected chi connectivity index (χ2v) is 6.00. The fourth-order valence-electron chi connectivity index (χ4n) is 3.16. The van der Waals surface area contributed by atoms with E-state index in [1.165, 1.54) is 38.2 Å². The Morgan fingerprint density at radius 2 is 2.19 bits per heavy atom. The lowest BCUT2D eigenvalue weighted by atomic mass is 9.96. The fourth-order valence-corrected chi connectivity index (χ4v) is 3.16. The summed E-state index contributed by atoms with van der Waals surface area (Å²) in [6.45, 7) is 5.08. The van der Waals surface area contributed by atoms with Crippen LogP contribution in [0.1, 0.15) is 44.6 Å². The van der Waals surface area contributed by atoms with Crippen LogP contribution in [0.5, 0.6) is 0 Å². The second-order valence-electron chi connectivity index (χ2n) is 6.00. The van der Waals surface area contributed by atoms with Crippen LogP contribution < -0.4 is 5.73 Å². The second kappa shape index (κ2) is 7.41. The highest BCUT2D eigenvalue weighted by molar-refractivity contribution is 5.52. The molecule has 5 nitrogen and oxygen atoms in total. The van der Waals surface area contributed by atoms with Crippen molar-refractivity contribution in [3.8, 4) is 0 Å². The van der Waals surface area contributed by atoms with Gasteiger partial charge in [-0.05, 0) is 49.9 Å². The Labute approximate surface area is 126 Å². The largest absolute Gasteiger partial charge is 0.398 e. The Kier molecular flexibility index (Phi) is 5.56. The third kappa shape index (κ3) is 4.43. The molecule has 0 radical (unpaired) electrons. The van der Waals surface area contributed by atoms with Crippen LogP contribution in [-0.2, 0) is 6.54 Å². The van der Waals surface area contributed by atoms with Gasteiger partial charge in [-0.1, -0.05) is 19.8 Å². The number of likely N-dealkylation sites (tertiary alicyclic amines) is 1. The number of nitrogens with two attached hydrogens (primary N) is 1. The summed E-state index contributed by atoms with van der Waals surface area (Å²) in [4.78, 5) is 12.9. The quantitative estimate of drug-likeness (QED) is 0.511. The first-order valence-electron chi connectivity index (χ1n) is 7.85. The van der Waals surface area contributed by atoms with E-state index in [1.807, 2.05) is 0 Å². The average Bonchev–Trinajstić information content (AvgIpc) is 2.67. The summed E-state index contributed by atoms with van der Waals surface area (Å²) in [6.07, 6.45) is 6.30. The van der Waals surface area contributed by atoms with E-state index in [-0.39, 0.29) is 10.6 Å². The van der Waals surface area contributed by atoms with E-state index in [0.717, 1.165) is 24.6 Å². The minimum atomic E-state index is -0.358. The van der Waals surface area contributed by atoms with Gasteiger partial charge in [0.1, 0.15) is 0 Å². The van der Waals surface area contributed by atoms with E-state index in [9.17, 15) is 10.1 Å². The Hall–Kier alpha value is -1.62. The number of nitro groups is 1. The smallest absolute Gasteiger partial charge is 0.269 e. The SMILES string of the molecule is CCCC1CCCN(Cc2cc([N+](=O)[O-])ccc2N)CC1. The molecule has 0 spiro atoms. The van der Waals surface area contributed by atoms with Crippen LogP contribution in [0.25, 0.3) is 0 Å². The number of nitro benzene ring substituents is 1. The third-order valence-electron chi connectivity index (χ3n) is 4.37. The molecule has 1 aromatic carbocycles. The van der Waals surface area contributed by atoms with Crippen molar-refractivity contribution >= 4 is 11.4 Å². The van der Waals surface area contributed by atoms with Crippen LogP contribution in [0.2, 0.25) is 0 Å². The number of benzene rings is 1. The van der Waals surface area contributed by atoms with Gasteiger partial charge in [0.15, 0.2) is 0 Å². The van der Waals surface area contributed by atoms with Crippen LogP contribution in [-0.4, -0.2) is 22.9 Å². The molecule has 2 N–H and O–H groups in total. The molecule has 1 heterocycles. The van der Waals surface area contributed by atoms with Crippen LogP contribution >= 0.6 is 0 Å². The van der Waals surface area contributed by atoms with Gasteiger partial charge < -0.3 is 5.73 Å². The van der Waals surface area contributed by atoms with Gasteiger partial charge in [0, 0.05) is 24.4 Å². The summed E-state index contributed by atoms with van der Waals surface area (Å²) < 4.78 is 0. The molecule has 1 fully saturated rings. The van der Waals surface area contributed by atoms with Crippen molar-refractivity contribution in [2.75, 3.05) is 18.8 Å². The number of non-ortho nitro benzene ring substituents is 1. The number of anilines is 1. The first-order valence-corrected chi connectivity index (χ1v) is 7.85. The van der Waals surface area contributed by atoms with E-state index < -0.39 is 0 Å². The summed E-state index contributed by atoms with van der Waals surface area (Å²) in [5.41, 5.74) is 7.62. The van der Waals surface area contributed by atoms with Gasteiger partial charge in [-0.2, -0.15) is 0 Å². The molecular weight excluding hydrogens is 266 g/mol. The van der Waals surface area contributed by atoms with Gasteiger partial charge in [-0.15, -0.1) is 0 Å². The number of hydrogen-bond donors (Lipinski definition) is 1. The molecule has 0 amide bonds. The van der Waals surface area contributed by atoms with Crippen LogP contribution in [0.3, 0.4) is 0 Å². The first kappa shape index (κ1) is 15.8. The van der Waals surface area contributed by atoms with E-state index >= 15 is 0 Å². The molecule has 1 saturated heterocycles. The summed E-state index contributed by atoms with van der Waals surface area (Å²) >= 11 is 0. The van der Waals surface area contributed by atoms with Gasteiger partial charge >= 0.3 is 0 Å². The molecule has 116 valence electrons. The Morgan fingerprint density at radius 1 is 1.38 bits per heavy atom. The zero-order valence-electron chi connectivity index (χ0n) is 12.8. The number of hydrogen-bond acceptors (Lipinski definition) is 4. The lowest BCUT2D eigenvalue weighted by Gasteiger charge is -2.21. The maximum atomic E-state index is 10.9. The van der Waals surface area contributed by atoms with E-state index in [2.05, 4.69) is 11.8 Å². The molecule has 0 aromatic heterocycles. The third-order valence-corrected chi connectivity index (χ3v) is 4.37. The molecular formula is C16H25N3O2. The lowest BCUT2D eigenvalue weighted by Crippen LogP contribution is -2.24. The average molecular weight is 291 g/mol. The normalized spacial score (nSPS) is 20.1. The van der Waals surface area contributed by atoms with Gasteiger partial charge in [-0.25, -0.2) is 0 Å². The van der Waals surface area contributed by atoms with E-state index in [4.69, 9.17) is 5.73 Å². The molecule has 5 heteroatoms. The minimum absolute atomic E-state index is 0.123. The highest BCUT2D eigenvalue weighted by Gasteiger charge is 2.18. The number of nitrogens with zero attached hydrogens (tertiary/aromatic N) is 2. The Balaban J connectivity index is 2.01. The van der Waals surface area contributed by atoms with Crippen molar-refractivity contribution < 1.29 is 4.92 Å². The Morgan fingerprint density at radius 3 is 2.90 bits per heavy atom. The standard InChI is InChI=1S/C16H25N3O2/c1-2-4-13-5-3-9-18(10-8-13)12-14-11-15(19(20)21)6-7-16(14)17/h6-7,11,13H,2-5,8-10,12,17H2,1H3. The molecule has 0 aliphatic carbocycles. The van der Waals surface area contributed by atoms with Crippen molar-refractivity contribution in [3.63, 3.8) is 0 Å². The molecule has 1 aliphatic heterocycles. The molecule has 21 heavy (non-hydrogen) atoms. The van der Waals surface area contributed by atoms with Gasteiger partial charge in [0.2, 0.25) is 0 Å². The monoisotopic (exact) mass is 291 g/mol. The summed E-state index contributed by atoms with van der Waals surface area (Å²) in [5.74, 6) is 0.836. The topological polar surface area (TPSA) is 72.4 Å². The van der Waals surface area contributed by atoms with Crippen molar-refractivity contribution in [2.45, 2.75) is 45.6 Å². The molecule has 2 rings (SSSR count). The molecule has 1 atom stereocenters. The Bertz CT molecular complexity index is 490. The molecule has 0 bridgehead atoms. The van der Waals surface area contributed by atoms with Crippen molar-refractivity contribution in [1.82, 2.24) is 4.90 Å². The zero-order chi connectivity index (χ0) is 15.2. The fraction of sp³-hybridized carbons (Fsp3) is 0.625. The van der Waals surface area contributed by atoms with Crippen LogP contribution in [0.4, 0.5) is 11.4 Å². The lowest BCUT2D eigenvalue weighted by molar-refractivity contribution is -0.384. The highest BCUT2D eigenvalue weighted by atomic mass is 16.6. The van der Waals surface area contributed by atoms with Gasteiger partial charge in [-0.3, -0.25) is 15.0 Å². The maximum Gasteiger partial charge on any atom is 0.269 e. The zero-order valence-corrected chi connectivity index (χ0v) is 12.8. The summed E-state index contributed by atoms with van der Waals surface area (Å²) in [7, 11) is 0. The van der Waals surface area contributed by atoms with E-state index in [1.54, 1.807) is 12.1 Å². The maximum absolute atomic E-state index is 10.9. The summed E-state index contributed by atoms with van der Waals surface area (Å²) in [5, 5.41) is 10.9. The van der Waals surface area contributed by atoms with Crippen molar-refractivity contribution in [3.05, 3.63) is 33.9 Å². The number of rotatable bonds is 5. The van der Waals surface area contributed by atoms with Gasteiger partial charge in [0.25, 0.3) is 5.69 Å². The van der Waals surface area contributed by atoms with Crippen molar-refractivity contribution in [2.24, 2.45) is 5.92 Å². The predicted octanol–water partition coefficient (Wildman–Crippen LogP) is 3.58.